The number of anilines is 1. The molecule has 0 aliphatic rings. The molecule has 0 spiro atoms. The lowest BCUT2D eigenvalue weighted by Gasteiger charge is -2.09. The summed E-state index contributed by atoms with van der Waals surface area (Å²) in [4.78, 5) is 28.9. The summed E-state index contributed by atoms with van der Waals surface area (Å²) in [7, 11) is 0. The molecule has 0 radical (unpaired) electrons. The third-order valence-corrected chi connectivity index (χ3v) is 3.37. The van der Waals surface area contributed by atoms with Crippen LogP contribution in [0.25, 0.3) is 11.5 Å². The number of aryl methyl sites for hydroxylation is 1. The summed E-state index contributed by atoms with van der Waals surface area (Å²) in [5.74, 6) is 0.634. The molecule has 126 valence electrons. The molecule has 1 N–H and O–H groups in total. The molecular formula is C18H17N5O2. The highest BCUT2D eigenvalue weighted by Crippen LogP contribution is 2.16. The van der Waals surface area contributed by atoms with Crippen LogP contribution in [0, 0.1) is 6.92 Å². The molecule has 7 heteroatoms. The lowest BCUT2D eigenvalue weighted by molar-refractivity contribution is -0.121. The molecular weight excluding hydrogens is 318 g/mol. The van der Waals surface area contributed by atoms with Gasteiger partial charge in [0.25, 0.3) is 5.91 Å². The minimum atomic E-state index is -0.275. The van der Waals surface area contributed by atoms with Crippen LogP contribution in [0.2, 0.25) is 0 Å². The molecule has 1 amide bonds. The van der Waals surface area contributed by atoms with Gasteiger partial charge in [-0.05, 0) is 36.8 Å². The number of amides is 1. The van der Waals surface area contributed by atoms with Crippen LogP contribution in [0.1, 0.15) is 11.1 Å². The molecule has 3 aromatic rings. The predicted octanol–water partition coefficient (Wildman–Crippen LogP) is 2.40. The molecule has 3 aromatic heterocycles. The molecule has 0 saturated heterocycles. The largest absolute Gasteiger partial charge is 0.367 e. The molecule has 7 nitrogen and oxygen atoms in total. The Bertz CT molecular complexity index is 841. The van der Waals surface area contributed by atoms with Crippen molar-refractivity contribution in [1.82, 2.24) is 19.9 Å². The topological polar surface area (TPSA) is 89.9 Å². The van der Waals surface area contributed by atoms with Crippen molar-refractivity contribution in [2.45, 2.75) is 13.5 Å². The summed E-state index contributed by atoms with van der Waals surface area (Å²) in [5, 5.41) is 2.75. The van der Waals surface area contributed by atoms with Gasteiger partial charge in [-0.2, -0.15) is 0 Å². The Kier molecular flexibility index (Phi) is 5.38. The van der Waals surface area contributed by atoms with Gasteiger partial charge in [-0.1, -0.05) is 6.07 Å². The first kappa shape index (κ1) is 16.7. The summed E-state index contributed by atoms with van der Waals surface area (Å²) in [5.41, 5.74) is 2.37. The smallest absolute Gasteiger partial charge is 0.251 e. The first-order chi connectivity index (χ1) is 12.2. The molecule has 3 rings (SSSR count). The normalized spacial score (nSPS) is 10.4. The van der Waals surface area contributed by atoms with E-state index >= 15 is 0 Å². The van der Waals surface area contributed by atoms with E-state index in [1.807, 2.05) is 37.3 Å². The van der Waals surface area contributed by atoms with Gasteiger partial charge in [0.1, 0.15) is 18.1 Å². The van der Waals surface area contributed by atoms with Crippen molar-refractivity contribution in [3.8, 4) is 11.5 Å². The number of carbonyl (C=O) groups is 1. The standard InChI is InChI=1S/C18H17N5O2/c1-13-10-21-18(15-4-2-3-7-20-15)23-17(13)22-16(24)12-25-11-14-5-8-19-9-6-14/h2-10H,11-12H2,1H3,(H,21,22,23,24). The van der Waals surface area contributed by atoms with E-state index in [-0.39, 0.29) is 12.5 Å². The van der Waals surface area contributed by atoms with Gasteiger partial charge in [-0.3, -0.25) is 14.8 Å². The Morgan fingerprint density at radius 3 is 2.72 bits per heavy atom. The van der Waals surface area contributed by atoms with Gasteiger partial charge < -0.3 is 10.1 Å². The van der Waals surface area contributed by atoms with E-state index in [4.69, 9.17) is 4.74 Å². The van der Waals surface area contributed by atoms with E-state index in [0.717, 1.165) is 11.1 Å². The van der Waals surface area contributed by atoms with Crippen LogP contribution in [-0.2, 0) is 16.1 Å². The summed E-state index contributed by atoms with van der Waals surface area (Å²) in [6.45, 7) is 2.11. The minimum Gasteiger partial charge on any atom is -0.367 e. The van der Waals surface area contributed by atoms with Crippen molar-refractivity contribution in [3.63, 3.8) is 0 Å². The number of hydrogen-bond acceptors (Lipinski definition) is 6. The van der Waals surface area contributed by atoms with Crippen molar-refractivity contribution < 1.29 is 9.53 Å². The average Bonchev–Trinajstić information content (AvgIpc) is 2.65. The van der Waals surface area contributed by atoms with Crippen LogP contribution >= 0.6 is 0 Å². The summed E-state index contributed by atoms with van der Waals surface area (Å²) < 4.78 is 5.41. The van der Waals surface area contributed by atoms with E-state index < -0.39 is 0 Å². The maximum atomic E-state index is 12.1. The Hall–Kier alpha value is -3.19. The van der Waals surface area contributed by atoms with Crippen molar-refractivity contribution in [1.29, 1.82) is 0 Å². The second-order valence-electron chi connectivity index (χ2n) is 5.34. The molecule has 0 aromatic carbocycles. The maximum Gasteiger partial charge on any atom is 0.251 e. The second kappa shape index (κ2) is 8.07. The SMILES string of the molecule is Cc1cnc(-c2ccccn2)nc1NC(=O)COCc1ccncc1. The molecule has 0 aliphatic heterocycles. The van der Waals surface area contributed by atoms with Gasteiger partial charge in [-0.25, -0.2) is 9.97 Å². The third-order valence-electron chi connectivity index (χ3n) is 3.37. The zero-order valence-electron chi connectivity index (χ0n) is 13.7. The van der Waals surface area contributed by atoms with Crippen LogP contribution < -0.4 is 5.32 Å². The fourth-order valence-corrected chi connectivity index (χ4v) is 2.10. The molecule has 0 saturated carbocycles. The Balaban J connectivity index is 1.61. The fraction of sp³-hybridized carbons (Fsp3) is 0.167. The van der Waals surface area contributed by atoms with E-state index in [0.29, 0.717) is 23.9 Å². The van der Waals surface area contributed by atoms with Crippen LogP contribution in [-0.4, -0.2) is 32.4 Å². The van der Waals surface area contributed by atoms with Gasteiger partial charge in [-0.15, -0.1) is 0 Å². The predicted molar refractivity (Wildman–Crippen MR) is 92.5 cm³/mol. The van der Waals surface area contributed by atoms with Crippen molar-refractivity contribution >= 4 is 11.7 Å². The zero-order chi connectivity index (χ0) is 17.5. The minimum absolute atomic E-state index is 0.0648. The van der Waals surface area contributed by atoms with E-state index in [2.05, 4.69) is 25.3 Å². The van der Waals surface area contributed by atoms with Gasteiger partial charge in [0.15, 0.2) is 5.82 Å². The van der Waals surface area contributed by atoms with Crippen LogP contribution in [0.3, 0.4) is 0 Å². The average molecular weight is 335 g/mol. The highest BCUT2D eigenvalue weighted by molar-refractivity contribution is 5.91. The molecule has 0 bridgehead atoms. The van der Waals surface area contributed by atoms with Gasteiger partial charge in [0.05, 0.1) is 6.61 Å². The lowest BCUT2D eigenvalue weighted by Crippen LogP contribution is -2.20. The van der Waals surface area contributed by atoms with Crippen molar-refractivity contribution in [2.75, 3.05) is 11.9 Å². The van der Waals surface area contributed by atoms with E-state index in [1.165, 1.54) is 0 Å². The summed E-state index contributed by atoms with van der Waals surface area (Å²) in [6, 6.07) is 9.17. The molecule has 0 unspecified atom stereocenters. The van der Waals surface area contributed by atoms with Gasteiger partial charge >= 0.3 is 0 Å². The molecule has 0 atom stereocenters. The number of ether oxygens (including phenoxy) is 1. The van der Waals surface area contributed by atoms with Crippen molar-refractivity contribution in [3.05, 3.63) is 66.2 Å². The van der Waals surface area contributed by atoms with E-state index in [9.17, 15) is 4.79 Å². The number of aromatic nitrogens is 4. The number of hydrogen-bond donors (Lipinski definition) is 1. The van der Waals surface area contributed by atoms with Gasteiger partial charge in [0.2, 0.25) is 0 Å². The highest BCUT2D eigenvalue weighted by Gasteiger charge is 2.10. The summed E-state index contributed by atoms with van der Waals surface area (Å²) >= 11 is 0. The lowest BCUT2D eigenvalue weighted by atomic mass is 10.3. The monoisotopic (exact) mass is 335 g/mol. The van der Waals surface area contributed by atoms with Crippen LogP contribution in [0.4, 0.5) is 5.82 Å². The summed E-state index contributed by atoms with van der Waals surface area (Å²) in [6.07, 6.45) is 6.69. The Morgan fingerprint density at radius 1 is 1.12 bits per heavy atom. The highest BCUT2D eigenvalue weighted by atomic mass is 16.5. The fourth-order valence-electron chi connectivity index (χ4n) is 2.10. The van der Waals surface area contributed by atoms with Crippen LogP contribution in [0.15, 0.2) is 55.1 Å². The quantitative estimate of drug-likeness (QED) is 0.744. The van der Waals surface area contributed by atoms with E-state index in [1.54, 1.807) is 24.8 Å². The number of nitrogens with zero attached hydrogens (tertiary/aromatic N) is 4. The van der Waals surface area contributed by atoms with Crippen molar-refractivity contribution in [2.24, 2.45) is 0 Å². The number of carbonyl (C=O) groups excluding carboxylic acids is 1. The molecule has 25 heavy (non-hydrogen) atoms. The zero-order valence-corrected chi connectivity index (χ0v) is 13.7. The third kappa shape index (κ3) is 4.65. The number of rotatable bonds is 6. The molecule has 0 fully saturated rings. The van der Waals surface area contributed by atoms with Crippen LogP contribution in [0.5, 0.6) is 0 Å². The molecule has 0 aliphatic carbocycles. The number of pyridine rings is 2. The maximum absolute atomic E-state index is 12.1. The Morgan fingerprint density at radius 2 is 1.96 bits per heavy atom. The Labute approximate surface area is 145 Å². The number of nitrogens with one attached hydrogen (secondary N) is 1. The second-order valence-corrected chi connectivity index (χ2v) is 5.34. The first-order valence-corrected chi connectivity index (χ1v) is 7.74. The molecule has 3 heterocycles. The first-order valence-electron chi connectivity index (χ1n) is 7.74. The van der Waals surface area contributed by atoms with Gasteiger partial charge in [0, 0.05) is 30.4 Å².